The maximum Gasteiger partial charge on any atom is 0.326 e. The Morgan fingerprint density at radius 2 is 1.19 bits per heavy atom. The van der Waals surface area contributed by atoms with Gasteiger partial charge in [0, 0.05) is 39.1 Å². The van der Waals surface area contributed by atoms with E-state index >= 15 is 0 Å². The molecule has 17 N–H and O–H groups in total. The summed E-state index contributed by atoms with van der Waals surface area (Å²) in [6.07, 6.45) is 3.41. The summed E-state index contributed by atoms with van der Waals surface area (Å²) >= 11 is 0. The topological polar surface area (TPSA) is 419 Å². The number of nitrogens with two attached hydrogens (primary N) is 5. The molecule has 3 fully saturated rings. The summed E-state index contributed by atoms with van der Waals surface area (Å²) in [7, 11) is 0. The van der Waals surface area contributed by atoms with Gasteiger partial charge in [0.25, 0.3) is 0 Å². The smallest absolute Gasteiger partial charge is 0.326 e. The van der Waals surface area contributed by atoms with Crippen LogP contribution in [0.25, 0.3) is 0 Å². The number of benzene rings is 1. The Balaban J connectivity index is 1.38. The molecule has 3 aliphatic rings. The van der Waals surface area contributed by atoms with Gasteiger partial charge in [-0.1, -0.05) is 44.2 Å². The van der Waals surface area contributed by atoms with Gasteiger partial charge in [0.15, 0.2) is 11.9 Å². The molecule has 1 aromatic rings. The molecule has 26 nitrogen and oxygen atoms in total. The number of carboxylic acid groups (broad SMARTS) is 1. The van der Waals surface area contributed by atoms with Crippen LogP contribution in [0.5, 0.6) is 0 Å². The highest BCUT2D eigenvalue weighted by Gasteiger charge is 2.44. The number of carbonyl (C=O) groups excluding carboxylic acids is 8. The second-order valence-corrected chi connectivity index (χ2v) is 18.9. The molecule has 8 atom stereocenters. The number of rotatable bonds is 27. The zero-order valence-electron chi connectivity index (χ0n) is 41.7. The van der Waals surface area contributed by atoms with Gasteiger partial charge in [-0.25, -0.2) is 4.79 Å². The van der Waals surface area contributed by atoms with E-state index < -0.39 is 109 Å². The summed E-state index contributed by atoms with van der Waals surface area (Å²) < 4.78 is 0. The Morgan fingerprint density at radius 1 is 0.658 bits per heavy atom. The number of likely N-dealkylation sites (tertiary alicyclic amines) is 3. The number of aliphatic hydroxyl groups excluding tert-OH is 1. The quantitative estimate of drug-likeness (QED) is 0.0226. The predicted molar refractivity (Wildman–Crippen MR) is 267 cm³/mol. The van der Waals surface area contributed by atoms with Gasteiger partial charge in [-0.05, 0) is 82.1 Å². The van der Waals surface area contributed by atoms with Crippen molar-refractivity contribution >= 4 is 65.1 Å². The first-order chi connectivity index (χ1) is 34.7. The molecular formula is C47H75N15O11. The third-order valence-corrected chi connectivity index (χ3v) is 12.8. The van der Waals surface area contributed by atoms with E-state index in [0.717, 1.165) is 0 Å². The van der Waals surface area contributed by atoms with E-state index in [1.54, 1.807) is 30.3 Å². The zero-order chi connectivity index (χ0) is 53.8. The summed E-state index contributed by atoms with van der Waals surface area (Å²) in [5.41, 5.74) is 28.2. The van der Waals surface area contributed by atoms with E-state index in [2.05, 4.69) is 36.6 Å². The van der Waals surface area contributed by atoms with Gasteiger partial charge < -0.3 is 80.2 Å². The third kappa shape index (κ3) is 17.9. The average molecular weight is 1030 g/mol. The van der Waals surface area contributed by atoms with Crippen molar-refractivity contribution in [2.45, 2.75) is 139 Å². The molecule has 3 aliphatic heterocycles. The van der Waals surface area contributed by atoms with Crippen LogP contribution in [0.1, 0.15) is 90.0 Å². The van der Waals surface area contributed by atoms with E-state index in [4.69, 9.17) is 28.7 Å². The Hall–Kier alpha value is -7.09. The second kappa shape index (κ2) is 28.8. The van der Waals surface area contributed by atoms with Crippen molar-refractivity contribution in [1.29, 1.82) is 0 Å². The SMILES string of the molecule is CC(C)C[C@H](NC(=O)[C@@H]1CCCN1C(=O)[C@H](CO)NC(=O)[C@H](Cc1ccccc1)NC(=O)CNC(=O)[C@@H]1CCCN1C(=O)[C@@H]1CCCN1C(=O)[C@@H](N)CCCN=C(N)N)C(=O)N[C@H](CCCN=C(N)N)C(=O)O. The Bertz CT molecular complexity index is 2150. The first-order valence-corrected chi connectivity index (χ1v) is 24.9. The lowest BCUT2D eigenvalue weighted by Crippen LogP contribution is -2.60. The van der Waals surface area contributed by atoms with Gasteiger partial charge in [0.1, 0.15) is 42.3 Å². The average Bonchev–Trinajstić information content (AvgIpc) is 4.16. The molecule has 73 heavy (non-hydrogen) atoms. The minimum absolute atomic E-state index is 0.00323. The molecule has 0 spiro atoms. The van der Waals surface area contributed by atoms with Crippen molar-refractivity contribution in [2.24, 2.45) is 44.6 Å². The van der Waals surface area contributed by atoms with Gasteiger partial charge >= 0.3 is 5.97 Å². The monoisotopic (exact) mass is 1030 g/mol. The number of aliphatic carboxylic acids is 1. The number of amides is 8. The number of nitrogens with one attached hydrogen (secondary N) is 5. The molecule has 0 aromatic heterocycles. The molecule has 8 amide bonds. The lowest BCUT2D eigenvalue weighted by atomic mass is 10.0. The van der Waals surface area contributed by atoms with Crippen molar-refractivity contribution < 1.29 is 53.4 Å². The fraction of sp³-hybridized carbons (Fsp3) is 0.638. The Labute approximate surface area is 424 Å². The van der Waals surface area contributed by atoms with Gasteiger partial charge in [0.05, 0.1) is 19.2 Å². The van der Waals surface area contributed by atoms with Crippen LogP contribution in [0.3, 0.4) is 0 Å². The summed E-state index contributed by atoms with van der Waals surface area (Å²) in [5.74, 6) is -6.91. The predicted octanol–water partition coefficient (Wildman–Crippen LogP) is -4.19. The number of hydrogen-bond acceptors (Lipinski definition) is 13. The molecule has 0 unspecified atom stereocenters. The maximum absolute atomic E-state index is 14.0. The van der Waals surface area contributed by atoms with E-state index in [-0.39, 0.29) is 75.5 Å². The molecule has 0 saturated carbocycles. The van der Waals surface area contributed by atoms with E-state index in [1.165, 1.54) is 14.7 Å². The molecule has 1 aromatic carbocycles. The van der Waals surface area contributed by atoms with Crippen LogP contribution in [-0.2, 0) is 49.6 Å². The fourth-order valence-corrected chi connectivity index (χ4v) is 9.19. The van der Waals surface area contributed by atoms with Crippen LogP contribution >= 0.6 is 0 Å². The molecular weight excluding hydrogens is 951 g/mol. The summed E-state index contributed by atoms with van der Waals surface area (Å²) in [5, 5.41) is 33.1. The minimum atomic E-state index is -1.57. The molecule has 0 aliphatic carbocycles. The van der Waals surface area contributed by atoms with Crippen LogP contribution in [0.2, 0.25) is 0 Å². The molecule has 3 saturated heterocycles. The normalized spacial score (nSPS) is 19.4. The van der Waals surface area contributed by atoms with Gasteiger partial charge in [0.2, 0.25) is 47.3 Å². The number of nitrogens with zero attached hydrogens (tertiary/aromatic N) is 5. The highest BCUT2D eigenvalue weighted by atomic mass is 16.4. The standard InChI is InChI=1S/C47H75N15O11/c1-27(2)23-31(38(65)57-30(45(72)73)14-7-19-54-47(51)52)58-41(68)35-16-9-20-60(35)43(70)33(26-63)59-39(66)32(24-28-11-4-3-5-12-28)56-37(64)25-55-40(67)34-15-8-21-61(34)44(71)36-17-10-22-62(36)42(69)29(48)13-6-18-53-46(49)50/h3-5,11-12,27,29-36,63H,6-10,13-26,48H2,1-2H3,(H,55,67)(H,56,64)(H,57,65)(H,58,68)(H,59,66)(H,72,73)(H4,49,50,53)(H4,51,52,54)/t29-,30+,31-,32-,33-,34-,35-,36-/m0/s1. The molecule has 404 valence electrons. The van der Waals surface area contributed by atoms with Crippen LogP contribution in [0.15, 0.2) is 40.3 Å². The Kier molecular flexibility index (Phi) is 23.1. The molecule has 3 heterocycles. The first-order valence-electron chi connectivity index (χ1n) is 24.9. The van der Waals surface area contributed by atoms with Gasteiger partial charge in [-0.15, -0.1) is 0 Å². The van der Waals surface area contributed by atoms with Gasteiger partial charge in [-0.3, -0.25) is 48.3 Å². The summed E-state index contributed by atoms with van der Waals surface area (Å²) in [4.78, 5) is 133. The first kappa shape index (κ1) is 58.5. The molecule has 0 bridgehead atoms. The van der Waals surface area contributed by atoms with Gasteiger partial charge in [-0.2, -0.15) is 0 Å². The van der Waals surface area contributed by atoms with E-state index in [9.17, 15) is 53.4 Å². The molecule has 4 rings (SSSR count). The van der Waals surface area contributed by atoms with Crippen molar-refractivity contribution in [3.8, 4) is 0 Å². The zero-order valence-corrected chi connectivity index (χ0v) is 41.7. The number of carbonyl (C=O) groups is 9. The van der Waals surface area contributed by atoms with E-state index in [0.29, 0.717) is 63.6 Å². The molecule has 0 radical (unpaired) electrons. The summed E-state index contributed by atoms with van der Waals surface area (Å²) in [6, 6.07) is -0.449. The lowest BCUT2D eigenvalue weighted by molar-refractivity contribution is -0.147. The van der Waals surface area contributed by atoms with Crippen molar-refractivity contribution in [3.05, 3.63) is 35.9 Å². The van der Waals surface area contributed by atoms with Crippen LogP contribution in [0.4, 0.5) is 0 Å². The van der Waals surface area contributed by atoms with Crippen molar-refractivity contribution in [1.82, 2.24) is 41.3 Å². The second-order valence-electron chi connectivity index (χ2n) is 18.9. The fourth-order valence-electron chi connectivity index (χ4n) is 9.19. The van der Waals surface area contributed by atoms with Crippen molar-refractivity contribution in [2.75, 3.05) is 45.9 Å². The Morgan fingerprint density at radius 3 is 1.77 bits per heavy atom. The number of hydrogen-bond donors (Lipinski definition) is 12. The third-order valence-electron chi connectivity index (χ3n) is 12.8. The van der Waals surface area contributed by atoms with Crippen LogP contribution in [0, 0.1) is 5.92 Å². The number of aliphatic imine (C=N–C) groups is 2. The number of guanidine groups is 2. The van der Waals surface area contributed by atoms with Crippen LogP contribution in [-0.4, -0.2) is 184 Å². The number of carboxylic acids is 1. The lowest BCUT2D eigenvalue weighted by Gasteiger charge is -2.32. The molecule has 26 heteroatoms. The maximum atomic E-state index is 14.0. The highest BCUT2D eigenvalue weighted by molar-refractivity contribution is 5.98. The minimum Gasteiger partial charge on any atom is -0.480 e. The van der Waals surface area contributed by atoms with E-state index in [1.807, 2.05) is 13.8 Å². The van der Waals surface area contributed by atoms with Crippen LogP contribution < -0.4 is 55.3 Å². The summed E-state index contributed by atoms with van der Waals surface area (Å²) in [6.45, 7) is 3.24. The number of aliphatic hydroxyl groups is 1. The highest BCUT2D eigenvalue weighted by Crippen LogP contribution is 2.26. The largest absolute Gasteiger partial charge is 0.480 e. The van der Waals surface area contributed by atoms with Crippen molar-refractivity contribution in [3.63, 3.8) is 0 Å².